The van der Waals surface area contributed by atoms with Gasteiger partial charge in [-0.2, -0.15) is 5.10 Å². The molecule has 0 fully saturated rings. The number of sulfonamides is 1. The molecule has 20 heavy (non-hydrogen) atoms. The van der Waals surface area contributed by atoms with E-state index in [4.69, 9.17) is 4.42 Å². The SMILES string of the molecule is CNCc1cc(S(=O)(=O)Nc2ccc(=O)[nH]n2)c(C)o1. The number of aromatic amines is 1. The van der Waals surface area contributed by atoms with Crippen molar-refractivity contribution in [2.45, 2.75) is 18.4 Å². The first kappa shape index (κ1) is 14.3. The molecule has 0 saturated carbocycles. The molecule has 3 N–H and O–H groups in total. The second kappa shape index (κ2) is 5.47. The average molecular weight is 298 g/mol. The van der Waals surface area contributed by atoms with Gasteiger partial charge in [-0.25, -0.2) is 13.5 Å². The summed E-state index contributed by atoms with van der Waals surface area (Å²) in [5.74, 6) is 0.826. The fourth-order valence-corrected chi connectivity index (χ4v) is 2.85. The maximum Gasteiger partial charge on any atom is 0.266 e. The second-order valence-electron chi connectivity index (χ2n) is 4.08. The van der Waals surface area contributed by atoms with Gasteiger partial charge in [-0.3, -0.25) is 9.52 Å². The Kier molecular flexibility index (Phi) is 3.91. The minimum atomic E-state index is -3.81. The zero-order valence-corrected chi connectivity index (χ0v) is 11.7. The molecular weight excluding hydrogens is 284 g/mol. The molecule has 0 aliphatic carbocycles. The number of nitrogens with zero attached hydrogens (tertiary/aromatic N) is 1. The zero-order chi connectivity index (χ0) is 14.8. The molecule has 0 radical (unpaired) electrons. The van der Waals surface area contributed by atoms with Crippen molar-refractivity contribution in [2.75, 3.05) is 11.8 Å². The summed E-state index contributed by atoms with van der Waals surface area (Å²) >= 11 is 0. The van der Waals surface area contributed by atoms with Gasteiger partial charge in [-0.15, -0.1) is 0 Å². The molecule has 0 aliphatic heterocycles. The minimum Gasteiger partial charge on any atom is -0.464 e. The van der Waals surface area contributed by atoms with Crippen LogP contribution in [0.15, 0.2) is 32.3 Å². The number of anilines is 1. The van der Waals surface area contributed by atoms with Crippen LogP contribution in [0.5, 0.6) is 0 Å². The third-order valence-electron chi connectivity index (χ3n) is 2.48. The Labute approximate surface area is 115 Å². The third-order valence-corrected chi connectivity index (χ3v) is 3.94. The van der Waals surface area contributed by atoms with Crippen LogP contribution in [0.1, 0.15) is 11.5 Å². The first-order valence-electron chi connectivity index (χ1n) is 5.75. The lowest BCUT2D eigenvalue weighted by Gasteiger charge is -2.04. The van der Waals surface area contributed by atoms with E-state index in [1.54, 1.807) is 14.0 Å². The van der Waals surface area contributed by atoms with Crippen LogP contribution in [0.2, 0.25) is 0 Å². The van der Waals surface area contributed by atoms with Crippen molar-refractivity contribution in [3.05, 3.63) is 40.1 Å². The number of hydrogen-bond donors (Lipinski definition) is 3. The average Bonchev–Trinajstić information content (AvgIpc) is 2.74. The Hall–Kier alpha value is -2.13. The fourth-order valence-electron chi connectivity index (χ4n) is 1.65. The molecule has 8 nitrogen and oxygen atoms in total. The molecule has 9 heteroatoms. The van der Waals surface area contributed by atoms with Crippen molar-refractivity contribution >= 4 is 15.8 Å². The highest BCUT2D eigenvalue weighted by molar-refractivity contribution is 7.92. The van der Waals surface area contributed by atoms with E-state index in [1.165, 1.54) is 18.2 Å². The predicted octanol–water partition coefficient (Wildman–Crippen LogP) is 0.192. The number of H-pyrrole nitrogens is 1. The molecule has 2 rings (SSSR count). The van der Waals surface area contributed by atoms with Crippen molar-refractivity contribution in [2.24, 2.45) is 0 Å². The standard InChI is InChI=1S/C11H14N4O4S/c1-7-9(5-8(19-7)6-12-2)20(17,18)15-10-3-4-11(16)14-13-10/h3-5,12H,6H2,1-2H3,(H,13,15)(H,14,16). The third kappa shape index (κ3) is 3.06. The molecule has 0 saturated heterocycles. The van der Waals surface area contributed by atoms with Crippen LogP contribution in [0, 0.1) is 6.92 Å². The van der Waals surface area contributed by atoms with Gasteiger partial charge in [0.2, 0.25) is 0 Å². The normalized spacial score (nSPS) is 11.5. The Morgan fingerprint density at radius 2 is 2.15 bits per heavy atom. The molecular formula is C11H14N4O4S. The van der Waals surface area contributed by atoms with E-state index < -0.39 is 15.6 Å². The lowest BCUT2D eigenvalue weighted by molar-refractivity contribution is 0.466. The van der Waals surface area contributed by atoms with E-state index in [-0.39, 0.29) is 16.5 Å². The molecule has 2 heterocycles. The molecule has 108 valence electrons. The quantitative estimate of drug-likeness (QED) is 0.725. The summed E-state index contributed by atoms with van der Waals surface area (Å²) in [6.45, 7) is 1.99. The van der Waals surface area contributed by atoms with Gasteiger partial charge in [0.05, 0.1) is 6.54 Å². The largest absolute Gasteiger partial charge is 0.464 e. The van der Waals surface area contributed by atoms with Gasteiger partial charge in [-0.05, 0) is 20.0 Å². The first-order chi connectivity index (χ1) is 9.42. The Balaban J connectivity index is 2.30. The fraction of sp³-hybridized carbons (Fsp3) is 0.273. The van der Waals surface area contributed by atoms with Gasteiger partial charge in [0, 0.05) is 12.1 Å². The van der Waals surface area contributed by atoms with Crippen molar-refractivity contribution in [1.29, 1.82) is 0 Å². The van der Waals surface area contributed by atoms with Crippen molar-refractivity contribution in [3.8, 4) is 0 Å². The topological polar surface area (TPSA) is 117 Å². The van der Waals surface area contributed by atoms with Crippen molar-refractivity contribution < 1.29 is 12.8 Å². The van der Waals surface area contributed by atoms with E-state index in [0.29, 0.717) is 12.3 Å². The molecule has 2 aromatic rings. The van der Waals surface area contributed by atoms with E-state index in [0.717, 1.165) is 0 Å². The first-order valence-corrected chi connectivity index (χ1v) is 7.23. The van der Waals surface area contributed by atoms with Crippen molar-refractivity contribution in [3.63, 3.8) is 0 Å². The molecule has 0 aliphatic rings. The van der Waals surface area contributed by atoms with Gasteiger partial charge < -0.3 is 9.73 Å². The number of nitrogens with one attached hydrogen (secondary N) is 3. The van der Waals surface area contributed by atoms with Crippen LogP contribution in [0.4, 0.5) is 5.82 Å². The van der Waals surface area contributed by atoms with Crippen LogP contribution in [0.3, 0.4) is 0 Å². The minimum absolute atomic E-state index is 0.0281. The summed E-state index contributed by atoms with van der Waals surface area (Å²) in [6.07, 6.45) is 0. The maximum atomic E-state index is 12.2. The van der Waals surface area contributed by atoms with Gasteiger partial charge in [0.15, 0.2) is 5.82 Å². The maximum absolute atomic E-state index is 12.2. The van der Waals surface area contributed by atoms with Crippen molar-refractivity contribution in [1.82, 2.24) is 15.5 Å². The summed E-state index contributed by atoms with van der Waals surface area (Å²) in [7, 11) is -2.08. The van der Waals surface area contributed by atoms with Gasteiger partial charge in [0.25, 0.3) is 15.6 Å². The van der Waals surface area contributed by atoms with Gasteiger partial charge in [0.1, 0.15) is 16.4 Å². The number of furan rings is 1. The van der Waals surface area contributed by atoms with Crippen LogP contribution >= 0.6 is 0 Å². The predicted molar refractivity (Wildman–Crippen MR) is 71.9 cm³/mol. The number of aryl methyl sites for hydroxylation is 1. The summed E-state index contributed by atoms with van der Waals surface area (Å²) in [4.78, 5) is 10.9. The van der Waals surface area contributed by atoms with Crippen LogP contribution in [-0.2, 0) is 16.6 Å². The van der Waals surface area contributed by atoms with Crippen LogP contribution < -0.4 is 15.6 Å². The molecule has 0 atom stereocenters. The Bertz CT molecular complexity index is 742. The number of aromatic nitrogens is 2. The lowest BCUT2D eigenvalue weighted by atomic mass is 10.4. The Morgan fingerprint density at radius 3 is 2.75 bits per heavy atom. The summed E-state index contributed by atoms with van der Waals surface area (Å²) in [5, 5.41) is 8.61. The Morgan fingerprint density at radius 1 is 1.40 bits per heavy atom. The van der Waals surface area contributed by atoms with Gasteiger partial charge >= 0.3 is 0 Å². The van der Waals surface area contributed by atoms with Crippen LogP contribution in [-0.4, -0.2) is 25.7 Å². The molecule has 0 spiro atoms. The highest BCUT2D eigenvalue weighted by atomic mass is 32.2. The van der Waals surface area contributed by atoms with Gasteiger partial charge in [-0.1, -0.05) is 0 Å². The zero-order valence-electron chi connectivity index (χ0n) is 10.9. The molecule has 0 bridgehead atoms. The molecule has 0 unspecified atom stereocenters. The van der Waals surface area contributed by atoms with E-state index in [9.17, 15) is 13.2 Å². The molecule has 0 amide bonds. The number of rotatable bonds is 5. The second-order valence-corrected chi connectivity index (χ2v) is 5.73. The van der Waals surface area contributed by atoms with Crippen LogP contribution in [0.25, 0.3) is 0 Å². The molecule has 2 aromatic heterocycles. The highest BCUT2D eigenvalue weighted by Gasteiger charge is 2.21. The number of hydrogen-bond acceptors (Lipinski definition) is 6. The summed E-state index contributed by atoms with van der Waals surface area (Å²) in [5.41, 5.74) is -0.413. The highest BCUT2D eigenvalue weighted by Crippen LogP contribution is 2.21. The van der Waals surface area contributed by atoms with E-state index in [1.807, 2.05) is 0 Å². The van der Waals surface area contributed by atoms with E-state index in [2.05, 4.69) is 20.2 Å². The molecule has 0 aromatic carbocycles. The summed E-state index contributed by atoms with van der Waals surface area (Å²) in [6, 6.07) is 3.90. The summed E-state index contributed by atoms with van der Waals surface area (Å²) < 4.78 is 32.0. The monoisotopic (exact) mass is 298 g/mol. The van der Waals surface area contributed by atoms with E-state index >= 15 is 0 Å². The smallest absolute Gasteiger partial charge is 0.266 e. The lowest BCUT2D eigenvalue weighted by Crippen LogP contribution is -2.16.